The molecule has 0 saturated carbocycles. The smallest absolute Gasteiger partial charge is 0.00130 e. The molecule has 9 heavy (non-hydrogen) atoms. The molecule has 0 spiro atoms. The average Bonchev–Trinajstić information content (AvgIpc) is 1.63. The molecule has 1 heteroatoms. The Morgan fingerprint density at radius 2 is 1.89 bits per heavy atom. The van der Waals surface area contributed by atoms with E-state index in [0.29, 0.717) is 6.04 Å². The van der Waals surface area contributed by atoms with Crippen LogP contribution in [0.3, 0.4) is 0 Å². The van der Waals surface area contributed by atoms with Crippen LogP contribution in [0.15, 0.2) is 0 Å². The van der Waals surface area contributed by atoms with Crippen molar-refractivity contribution in [3.63, 3.8) is 0 Å². The highest BCUT2D eigenvalue weighted by molar-refractivity contribution is 4.59. The summed E-state index contributed by atoms with van der Waals surface area (Å²) in [6, 6.07) is 0.381. The summed E-state index contributed by atoms with van der Waals surface area (Å²) in [6.45, 7) is 6.57. The Morgan fingerprint density at radius 1 is 1.33 bits per heavy atom. The van der Waals surface area contributed by atoms with Gasteiger partial charge in [-0.2, -0.15) is 0 Å². The van der Waals surface area contributed by atoms with E-state index in [1.54, 1.807) is 0 Å². The molecular weight excluding hydrogens is 110 g/mol. The van der Waals surface area contributed by atoms with Crippen molar-refractivity contribution in [2.24, 2.45) is 11.7 Å². The van der Waals surface area contributed by atoms with E-state index in [1.165, 1.54) is 19.3 Å². The summed E-state index contributed by atoms with van der Waals surface area (Å²) >= 11 is 0. The highest BCUT2D eigenvalue weighted by Gasteiger charge is 2.02. The van der Waals surface area contributed by atoms with Gasteiger partial charge in [-0.1, -0.05) is 26.7 Å². The van der Waals surface area contributed by atoms with Gasteiger partial charge >= 0.3 is 0 Å². The van der Waals surface area contributed by atoms with E-state index in [2.05, 4.69) is 20.8 Å². The molecule has 0 aromatic heterocycles. The second-order valence-electron chi connectivity index (χ2n) is 3.11. The minimum absolute atomic E-state index is 0.381. The molecule has 2 N–H and O–H groups in total. The van der Waals surface area contributed by atoms with E-state index >= 15 is 0 Å². The summed E-state index contributed by atoms with van der Waals surface area (Å²) in [5, 5.41) is 0. The Balaban J connectivity index is 3.15. The molecule has 0 unspecified atom stereocenters. The first-order valence-electron chi connectivity index (χ1n) is 3.92. The minimum atomic E-state index is 0.381. The fourth-order valence-corrected chi connectivity index (χ4v) is 1.25. The molecule has 0 aliphatic heterocycles. The summed E-state index contributed by atoms with van der Waals surface area (Å²) in [5.41, 5.74) is 5.62. The van der Waals surface area contributed by atoms with Crippen LogP contribution in [0.25, 0.3) is 0 Å². The van der Waals surface area contributed by atoms with E-state index in [1.807, 2.05) is 0 Å². The third-order valence-electron chi connectivity index (χ3n) is 1.56. The number of rotatable bonds is 4. The average molecular weight is 129 g/mol. The predicted octanol–water partition coefficient (Wildman–Crippen LogP) is 2.16. The molecule has 0 aromatic carbocycles. The molecular formula is C8H19N. The summed E-state index contributed by atoms with van der Waals surface area (Å²) < 4.78 is 0. The number of nitrogens with two attached hydrogens (primary N) is 1. The molecule has 0 rings (SSSR count). The van der Waals surface area contributed by atoms with Gasteiger partial charge in [0.05, 0.1) is 0 Å². The third kappa shape index (κ3) is 5.84. The Hall–Kier alpha value is -0.0400. The largest absolute Gasteiger partial charge is 0.328 e. The zero-order valence-electron chi connectivity index (χ0n) is 6.85. The van der Waals surface area contributed by atoms with Crippen LogP contribution in [0, 0.1) is 5.92 Å². The Bertz CT molecular complexity index is 59.6. The van der Waals surface area contributed by atoms with Crippen molar-refractivity contribution in [3.05, 3.63) is 0 Å². The molecule has 0 aliphatic carbocycles. The Labute approximate surface area is 58.6 Å². The molecule has 0 saturated heterocycles. The second-order valence-corrected chi connectivity index (χ2v) is 3.11. The Kier molecular flexibility index (Phi) is 4.78. The fourth-order valence-electron chi connectivity index (χ4n) is 1.25. The number of hydrogen-bond acceptors (Lipinski definition) is 1. The van der Waals surface area contributed by atoms with Crippen molar-refractivity contribution in [2.75, 3.05) is 0 Å². The second kappa shape index (κ2) is 4.80. The minimum Gasteiger partial charge on any atom is -0.328 e. The maximum absolute atomic E-state index is 5.62. The molecule has 0 heterocycles. The van der Waals surface area contributed by atoms with E-state index in [9.17, 15) is 0 Å². The van der Waals surface area contributed by atoms with Gasteiger partial charge in [0.1, 0.15) is 0 Å². The van der Waals surface area contributed by atoms with Gasteiger partial charge in [-0.3, -0.25) is 0 Å². The van der Waals surface area contributed by atoms with Crippen LogP contribution >= 0.6 is 0 Å². The van der Waals surface area contributed by atoms with Crippen molar-refractivity contribution in [3.8, 4) is 0 Å². The van der Waals surface area contributed by atoms with Gasteiger partial charge in [0.2, 0.25) is 0 Å². The van der Waals surface area contributed by atoms with Crippen LogP contribution in [0.5, 0.6) is 0 Å². The summed E-state index contributed by atoms with van der Waals surface area (Å²) in [5.74, 6) is 0.815. The lowest BCUT2D eigenvalue weighted by Crippen LogP contribution is -2.18. The van der Waals surface area contributed by atoms with Crippen LogP contribution in [0.2, 0.25) is 0 Å². The van der Waals surface area contributed by atoms with E-state index < -0.39 is 0 Å². The molecule has 0 radical (unpaired) electrons. The molecule has 0 fully saturated rings. The highest BCUT2D eigenvalue weighted by atomic mass is 14.6. The lowest BCUT2D eigenvalue weighted by Gasteiger charge is -2.11. The van der Waals surface area contributed by atoms with Crippen molar-refractivity contribution >= 4 is 0 Å². The van der Waals surface area contributed by atoms with Crippen LogP contribution in [-0.4, -0.2) is 6.04 Å². The van der Waals surface area contributed by atoms with Gasteiger partial charge in [-0.25, -0.2) is 0 Å². The van der Waals surface area contributed by atoms with Gasteiger partial charge in [-0.05, 0) is 19.3 Å². The molecule has 1 nitrogen and oxygen atoms in total. The first-order valence-corrected chi connectivity index (χ1v) is 3.92. The van der Waals surface area contributed by atoms with E-state index in [0.717, 1.165) is 5.92 Å². The van der Waals surface area contributed by atoms with Gasteiger partial charge in [0.15, 0.2) is 0 Å². The predicted molar refractivity (Wildman–Crippen MR) is 42.3 cm³/mol. The quantitative estimate of drug-likeness (QED) is 0.618. The van der Waals surface area contributed by atoms with Crippen LogP contribution in [0.1, 0.15) is 40.0 Å². The zero-order chi connectivity index (χ0) is 7.28. The van der Waals surface area contributed by atoms with Gasteiger partial charge in [0, 0.05) is 6.04 Å². The van der Waals surface area contributed by atoms with Gasteiger partial charge in [0.25, 0.3) is 0 Å². The molecule has 0 bridgehead atoms. The van der Waals surface area contributed by atoms with E-state index in [4.69, 9.17) is 5.73 Å². The van der Waals surface area contributed by atoms with Gasteiger partial charge in [-0.15, -0.1) is 0 Å². The fraction of sp³-hybridized carbons (Fsp3) is 1.00. The SMILES string of the molecule is CCC[C@@H](C)C[C@@H](C)N. The molecule has 0 aromatic rings. The lowest BCUT2D eigenvalue weighted by molar-refractivity contribution is 0.447. The molecule has 0 amide bonds. The first-order chi connectivity index (χ1) is 4.16. The first kappa shape index (κ1) is 8.96. The van der Waals surface area contributed by atoms with Crippen LogP contribution in [0.4, 0.5) is 0 Å². The lowest BCUT2D eigenvalue weighted by atomic mass is 9.99. The highest BCUT2D eigenvalue weighted by Crippen LogP contribution is 2.10. The zero-order valence-corrected chi connectivity index (χ0v) is 6.85. The summed E-state index contributed by atoms with van der Waals surface area (Å²) in [6.07, 6.45) is 3.78. The van der Waals surface area contributed by atoms with Crippen molar-refractivity contribution in [1.29, 1.82) is 0 Å². The third-order valence-corrected chi connectivity index (χ3v) is 1.56. The van der Waals surface area contributed by atoms with Crippen molar-refractivity contribution < 1.29 is 0 Å². The molecule has 0 aliphatic rings. The van der Waals surface area contributed by atoms with Crippen molar-refractivity contribution in [2.45, 2.75) is 46.1 Å². The maximum Gasteiger partial charge on any atom is 0.00130 e. The Morgan fingerprint density at radius 3 is 2.22 bits per heavy atom. The maximum atomic E-state index is 5.62. The number of hydrogen-bond donors (Lipinski definition) is 1. The summed E-state index contributed by atoms with van der Waals surface area (Å²) in [7, 11) is 0. The standard InChI is InChI=1S/C8H19N/c1-4-5-7(2)6-8(3)9/h7-8H,4-6,9H2,1-3H3/t7-,8-/m1/s1. The monoisotopic (exact) mass is 129 g/mol. The molecule has 56 valence electrons. The van der Waals surface area contributed by atoms with Gasteiger partial charge < -0.3 is 5.73 Å². The summed E-state index contributed by atoms with van der Waals surface area (Å²) in [4.78, 5) is 0. The topological polar surface area (TPSA) is 26.0 Å². The van der Waals surface area contributed by atoms with Crippen LogP contribution in [-0.2, 0) is 0 Å². The molecule has 2 atom stereocenters. The van der Waals surface area contributed by atoms with Crippen molar-refractivity contribution in [1.82, 2.24) is 0 Å². The normalized spacial score (nSPS) is 17.3. The van der Waals surface area contributed by atoms with Crippen LogP contribution < -0.4 is 5.73 Å². The van der Waals surface area contributed by atoms with E-state index in [-0.39, 0.29) is 0 Å².